The first-order valence-corrected chi connectivity index (χ1v) is 3.48. The highest BCUT2D eigenvalue weighted by molar-refractivity contribution is 7.77. The van der Waals surface area contributed by atoms with Gasteiger partial charge in [0.15, 0.2) is 0 Å². The third kappa shape index (κ3) is 1.21. The summed E-state index contributed by atoms with van der Waals surface area (Å²) in [5, 5.41) is 2.56. The van der Waals surface area contributed by atoms with Crippen LogP contribution in [0.5, 0.6) is 0 Å². The molecular formula is C5H10N4OS. The van der Waals surface area contributed by atoms with Crippen molar-refractivity contribution in [2.75, 3.05) is 0 Å². The molecule has 0 spiro atoms. The van der Waals surface area contributed by atoms with Gasteiger partial charge in [-0.1, -0.05) is 12.8 Å². The lowest BCUT2D eigenvalue weighted by Crippen LogP contribution is -2.51. The van der Waals surface area contributed by atoms with Crippen LogP contribution in [-0.2, 0) is 4.79 Å². The third-order valence-corrected chi connectivity index (χ3v) is 2.04. The topological polar surface area (TPSA) is 84.4 Å². The second-order valence-corrected chi connectivity index (χ2v) is 2.72. The molecule has 5 N–H and O–H groups in total. The zero-order valence-electron chi connectivity index (χ0n) is 6.03. The van der Waals surface area contributed by atoms with Gasteiger partial charge in [0.25, 0.3) is 5.91 Å². The molecule has 0 fully saturated rings. The Balaban J connectivity index is 2.98. The van der Waals surface area contributed by atoms with Crippen molar-refractivity contribution in [1.29, 1.82) is 0 Å². The number of thiol groups is 1. The Bertz CT molecular complexity index is 227. The molecule has 0 saturated carbocycles. The van der Waals surface area contributed by atoms with Crippen LogP contribution in [0.25, 0.3) is 0 Å². The van der Waals surface area contributed by atoms with Crippen molar-refractivity contribution in [3.63, 3.8) is 0 Å². The van der Waals surface area contributed by atoms with E-state index in [4.69, 9.17) is 11.5 Å². The first-order valence-electron chi connectivity index (χ1n) is 3.08. The maximum Gasteiger partial charge on any atom is 0.272 e. The lowest BCUT2D eigenvalue weighted by Gasteiger charge is -2.31. The smallest absolute Gasteiger partial charge is 0.272 e. The zero-order valence-corrected chi connectivity index (χ0v) is 6.93. The highest BCUT2D eigenvalue weighted by Gasteiger charge is 2.25. The number of rotatable bonds is 0. The number of nitrogens with one attached hydrogen (secondary N) is 1. The monoisotopic (exact) mass is 174 g/mol. The van der Waals surface area contributed by atoms with Gasteiger partial charge < -0.3 is 16.8 Å². The summed E-state index contributed by atoms with van der Waals surface area (Å²) in [5.41, 5.74) is 10.8. The van der Waals surface area contributed by atoms with Crippen LogP contribution < -0.4 is 16.8 Å². The summed E-state index contributed by atoms with van der Waals surface area (Å²) >= 11 is 4.01. The molecule has 62 valence electrons. The Morgan fingerprint density at radius 1 is 1.64 bits per heavy atom. The van der Waals surface area contributed by atoms with E-state index in [-0.39, 0.29) is 23.6 Å². The predicted octanol–water partition coefficient (Wildman–Crippen LogP) is -1.30. The standard InChI is InChI=1S/C5H10N4OS/c1-2-8-5(10)3(6)4(7)9(2)11/h2,11H,6-7H2,1H3,(H,8,10). The first kappa shape index (κ1) is 8.06. The molecule has 0 saturated heterocycles. The number of hydrogen-bond acceptors (Lipinski definition) is 5. The molecule has 0 bridgehead atoms. The van der Waals surface area contributed by atoms with Crippen LogP contribution >= 0.6 is 12.8 Å². The molecule has 1 aliphatic heterocycles. The van der Waals surface area contributed by atoms with Gasteiger partial charge in [-0.15, -0.1) is 0 Å². The van der Waals surface area contributed by atoms with Gasteiger partial charge in [-0.3, -0.25) is 9.10 Å². The minimum atomic E-state index is -0.347. The van der Waals surface area contributed by atoms with Crippen LogP contribution in [0.2, 0.25) is 0 Å². The Morgan fingerprint density at radius 2 is 2.18 bits per heavy atom. The third-order valence-electron chi connectivity index (χ3n) is 1.47. The molecule has 0 aromatic carbocycles. The fraction of sp³-hybridized carbons (Fsp3) is 0.400. The van der Waals surface area contributed by atoms with E-state index in [1.807, 2.05) is 0 Å². The van der Waals surface area contributed by atoms with Crippen molar-refractivity contribution >= 4 is 18.7 Å². The van der Waals surface area contributed by atoms with Gasteiger partial charge in [0.2, 0.25) is 0 Å². The zero-order chi connectivity index (χ0) is 8.59. The van der Waals surface area contributed by atoms with E-state index < -0.39 is 0 Å². The molecule has 1 aliphatic rings. The molecule has 11 heavy (non-hydrogen) atoms. The van der Waals surface area contributed by atoms with Crippen molar-refractivity contribution in [3.05, 3.63) is 11.5 Å². The van der Waals surface area contributed by atoms with E-state index in [9.17, 15) is 4.79 Å². The van der Waals surface area contributed by atoms with Gasteiger partial charge in [0.05, 0.1) is 0 Å². The Hall–Kier alpha value is -1.04. The fourth-order valence-corrected chi connectivity index (χ4v) is 0.942. The molecule has 1 heterocycles. The second-order valence-electron chi connectivity index (χ2n) is 2.29. The summed E-state index contributed by atoms with van der Waals surface area (Å²) in [4.78, 5) is 10.9. The molecule has 5 nitrogen and oxygen atoms in total. The summed E-state index contributed by atoms with van der Waals surface area (Å²) in [6, 6.07) is 0. The minimum absolute atomic E-state index is 0.0121. The highest BCUT2D eigenvalue weighted by atomic mass is 32.1. The van der Waals surface area contributed by atoms with Gasteiger partial charge in [-0.25, -0.2) is 0 Å². The molecule has 1 unspecified atom stereocenters. The summed E-state index contributed by atoms with van der Waals surface area (Å²) in [6.07, 6.45) is -0.224. The molecule has 6 heteroatoms. The van der Waals surface area contributed by atoms with Gasteiger partial charge in [0, 0.05) is 0 Å². The van der Waals surface area contributed by atoms with Crippen molar-refractivity contribution in [1.82, 2.24) is 9.62 Å². The Labute approximate surface area is 69.9 Å². The minimum Gasteiger partial charge on any atom is -0.391 e. The second kappa shape index (κ2) is 2.54. The normalized spacial score (nSPS) is 25.5. The van der Waals surface area contributed by atoms with E-state index in [0.717, 1.165) is 0 Å². The number of nitrogens with two attached hydrogens (primary N) is 2. The SMILES string of the molecule is CC1NC(=O)C(N)=C(N)N1S. The van der Waals surface area contributed by atoms with Gasteiger partial charge in [-0.2, -0.15) is 0 Å². The number of amides is 1. The van der Waals surface area contributed by atoms with Gasteiger partial charge >= 0.3 is 0 Å². The van der Waals surface area contributed by atoms with Crippen molar-refractivity contribution in [2.45, 2.75) is 13.1 Å². The Morgan fingerprint density at radius 3 is 2.73 bits per heavy atom. The fourth-order valence-electron chi connectivity index (χ4n) is 0.777. The first-order chi connectivity index (χ1) is 5.04. The van der Waals surface area contributed by atoms with E-state index in [0.29, 0.717) is 0 Å². The van der Waals surface area contributed by atoms with Crippen LogP contribution in [-0.4, -0.2) is 16.4 Å². The van der Waals surface area contributed by atoms with E-state index >= 15 is 0 Å². The summed E-state index contributed by atoms with van der Waals surface area (Å²) in [6.45, 7) is 1.75. The van der Waals surface area contributed by atoms with Crippen molar-refractivity contribution < 1.29 is 4.79 Å². The number of carbonyl (C=O) groups excluding carboxylic acids is 1. The lowest BCUT2D eigenvalue weighted by atomic mass is 10.3. The van der Waals surface area contributed by atoms with Crippen LogP contribution in [0.1, 0.15) is 6.92 Å². The molecule has 1 rings (SSSR count). The predicted molar refractivity (Wildman–Crippen MR) is 43.8 cm³/mol. The number of hydrogen-bond donors (Lipinski definition) is 4. The molecule has 0 radical (unpaired) electrons. The number of nitrogens with zero attached hydrogens (tertiary/aromatic N) is 1. The summed E-state index contributed by atoms with van der Waals surface area (Å²) in [7, 11) is 0. The quantitative estimate of drug-likeness (QED) is 0.344. The van der Waals surface area contributed by atoms with Gasteiger partial charge in [-0.05, 0) is 6.92 Å². The van der Waals surface area contributed by atoms with Crippen LogP contribution in [0, 0.1) is 0 Å². The Kier molecular flexibility index (Phi) is 1.86. The van der Waals surface area contributed by atoms with Crippen molar-refractivity contribution in [2.24, 2.45) is 11.5 Å². The maximum atomic E-state index is 10.9. The van der Waals surface area contributed by atoms with Crippen LogP contribution in [0.3, 0.4) is 0 Å². The summed E-state index contributed by atoms with van der Waals surface area (Å²) < 4.78 is 1.40. The molecule has 0 aromatic rings. The molecule has 0 aromatic heterocycles. The van der Waals surface area contributed by atoms with E-state index in [2.05, 4.69) is 18.1 Å². The van der Waals surface area contributed by atoms with Crippen LogP contribution in [0.15, 0.2) is 11.5 Å². The van der Waals surface area contributed by atoms with Crippen LogP contribution in [0.4, 0.5) is 0 Å². The van der Waals surface area contributed by atoms with Crippen molar-refractivity contribution in [3.8, 4) is 0 Å². The largest absolute Gasteiger partial charge is 0.391 e. The highest BCUT2D eigenvalue weighted by Crippen LogP contribution is 2.12. The summed E-state index contributed by atoms with van der Waals surface area (Å²) in [5.74, 6) is -0.148. The average molecular weight is 174 g/mol. The molecule has 1 amide bonds. The molecular weight excluding hydrogens is 164 g/mol. The maximum absolute atomic E-state index is 10.9. The number of carbonyl (C=O) groups is 1. The lowest BCUT2D eigenvalue weighted by molar-refractivity contribution is -0.119. The molecule has 1 atom stereocenters. The van der Waals surface area contributed by atoms with Gasteiger partial charge in [0.1, 0.15) is 17.7 Å². The van der Waals surface area contributed by atoms with E-state index in [1.165, 1.54) is 4.31 Å². The van der Waals surface area contributed by atoms with E-state index in [1.54, 1.807) is 6.92 Å². The average Bonchev–Trinajstić information content (AvgIpc) is 1.97. The molecule has 0 aliphatic carbocycles.